The number of rotatable bonds is 4. The van der Waals surface area contributed by atoms with Crippen LogP contribution in [0.1, 0.15) is 48.4 Å². The van der Waals surface area contributed by atoms with Gasteiger partial charge in [0.25, 0.3) is 0 Å². The average molecular weight is 362 g/mol. The van der Waals surface area contributed by atoms with Crippen LogP contribution in [-0.2, 0) is 16.0 Å². The Morgan fingerprint density at radius 1 is 1.15 bits per heavy atom. The summed E-state index contributed by atoms with van der Waals surface area (Å²) in [6.07, 6.45) is 3.82. The number of likely N-dealkylation sites (tertiary alicyclic amines) is 1. The number of para-hydroxylation sites is 1. The highest BCUT2D eigenvalue weighted by molar-refractivity contribution is 5.96. The molecule has 0 saturated carbocycles. The quantitative estimate of drug-likeness (QED) is 0.884. The van der Waals surface area contributed by atoms with Crippen molar-refractivity contribution in [1.82, 2.24) is 4.90 Å². The molecule has 4 rings (SSSR count). The Morgan fingerprint density at radius 3 is 2.74 bits per heavy atom. The van der Waals surface area contributed by atoms with E-state index in [2.05, 4.69) is 42.6 Å². The van der Waals surface area contributed by atoms with Gasteiger partial charge in [-0.25, -0.2) is 0 Å². The minimum Gasteiger partial charge on any atom is -0.336 e. The number of amides is 2. The number of fused-ring (bicyclic) bond motifs is 1. The summed E-state index contributed by atoms with van der Waals surface area (Å²) in [5.74, 6) is 0.0898. The molecule has 2 aromatic rings. The molecule has 0 spiro atoms. The van der Waals surface area contributed by atoms with E-state index in [-0.39, 0.29) is 23.8 Å². The van der Waals surface area contributed by atoms with Crippen molar-refractivity contribution in [2.24, 2.45) is 5.92 Å². The number of anilines is 1. The number of carbonyl (C=O) groups excluding carboxylic acids is 2. The molecule has 0 aromatic heterocycles. The van der Waals surface area contributed by atoms with Gasteiger partial charge in [0, 0.05) is 24.6 Å². The van der Waals surface area contributed by atoms with Gasteiger partial charge < -0.3 is 10.2 Å². The zero-order chi connectivity index (χ0) is 18.8. The van der Waals surface area contributed by atoms with Gasteiger partial charge >= 0.3 is 0 Å². The SMILES string of the molecule is Cc1ccc(C2CCCN2C(=O)CCC2Cc3ccccc3NC2=O)cc1. The highest BCUT2D eigenvalue weighted by Gasteiger charge is 2.31. The van der Waals surface area contributed by atoms with Gasteiger partial charge in [-0.1, -0.05) is 48.0 Å². The molecule has 2 unspecified atom stereocenters. The lowest BCUT2D eigenvalue weighted by atomic mass is 9.89. The average Bonchev–Trinajstić information content (AvgIpc) is 3.16. The van der Waals surface area contributed by atoms with Gasteiger partial charge in [-0.05, 0) is 49.8 Å². The van der Waals surface area contributed by atoms with Gasteiger partial charge in [0.2, 0.25) is 11.8 Å². The standard InChI is InChI=1S/C23H26N2O2/c1-16-8-10-17(11-9-16)21-7-4-14-25(21)22(26)13-12-19-15-18-5-2-3-6-20(18)24-23(19)27/h2-3,5-6,8-11,19,21H,4,7,12-15H2,1H3,(H,24,27). The summed E-state index contributed by atoms with van der Waals surface area (Å²) in [5.41, 5.74) is 4.52. The number of hydrogen-bond donors (Lipinski definition) is 1. The predicted molar refractivity (Wildman–Crippen MR) is 106 cm³/mol. The second kappa shape index (κ2) is 7.55. The maximum absolute atomic E-state index is 12.9. The van der Waals surface area contributed by atoms with Crippen LogP contribution in [0.4, 0.5) is 5.69 Å². The van der Waals surface area contributed by atoms with Crippen molar-refractivity contribution in [1.29, 1.82) is 0 Å². The molecule has 0 aliphatic carbocycles. The van der Waals surface area contributed by atoms with Crippen LogP contribution < -0.4 is 5.32 Å². The molecule has 140 valence electrons. The summed E-state index contributed by atoms with van der Waals surface area (Å²) >= 11 is 0. The number of nitrogens with one attached hydrogen (secondary N) is 1. The van der Waals surface area contributed by atoms with Crippen LogP contribution in [0.2, 0.25) is 0 Å². The van der Waals surface area contributed by atoms with E-state index >= 15 is 0 Å². The van der Waals surface area contributed by atoms with Crippen molar-refractivity contribution in [3.63, 3.8) is 0 Å². The van der Waals surface area contributed by atoms with E-state index in [4.69, 9.17) is 0 Å². The molecule has 1 saturated heterocycles. The Balaban J connectivity index is 1.39. The van der Waals surface area contributed by atoms with E-state index in [1.165, 1.54) is 11.1 Å². The fourth-order valence-corrected chi connectivity index (χ4v) is 4.29. The molecule has 27 heavy (non-hydrogen) atoms. The summed E-state index contributed by atoms with van der Waals surface area (Å²) in [7, 11) is 0. The van der Waals surface area contributed by atoms with Gasteiger partial charge in [-0.2, -0.15) is 0 Å². The Hall–Kier alpha value is -2.62. The lowest BCUT2D eigenvalue weighted by Gasteiger charge is -2.27. The van der Waals surface area contributed by atoms with Crippen molar-refractivity contribution in [2.45, 2.75) is 45.1 Å². The summed E-state index contributed by atoms with van der Waals surface area (Å²) in [5, 5.41) is 2.98. The third-order valence-electron chi connectivity index (χ3n) is 5.85. The fraction of sp³-hybridized carbons (Fsp3) is 0.391. The third kappa shape index (κ3) is 3.75. The zero-order valence-corrected chi connectivity index (χ0v) is 15.8. The Morgan fingerprint density at radius 2 is 1.93 bits per heavy atom. The van der Waals surface area contributed by atoms with Gasteiger partial charge in [0.15, 0.2) is 0 Å². The zero-order valence-electron chi connectivity index (χ0n) is 15.8. The van der Waals surface area contributed by atoms with E-state index in [1.807, 2.05) is 23.1 Å². The van der Waals surface area contributed by atoms with E-state index in [0.29, 0.717) is 12.8 Å². The van der Waals surface area contributed by atoms with Crippen molar-refractivity contribution < 1.29 is 9.59 Å². The highest BCUT2D eigenvalue weighted by atomic mass is 16.2. The molecular weight excluding hydrogens is 336 g/mol. The minimum atomic E-state index is -0.121. The minimum absolute atomic E-state index is 0.0398. The molecule has 2 amide bonds. The molecule has 2 heterocycles. The number of nitrogens with zero attached hydrogens (tertiary/aromatic N) is 1. The van der Waals surface area contributed by atoms with Crippen molar-refractivity contribution in [3.8, 4) is 0 Å². The van der Waals surface area contributed by atoms with Crippen LogP contribution >= 0.6 is 0 Å². The Bertz CT molecular complexity index is 844. The van der Waals surface area contributed by atoms with E-state index in [1.54, 1.807) is 0 Å². The summed E-state index contributed by atoms with van der Waals surface area (Å²) in [4.78, 5) is 27.3. The molecule has 1 N–H and O–H groups in total. The third-order valence-corrected chi connectivity index (χ3v) is 5.85. The predicted octanol–water partition coefficient (Wildman–Crippen LogP) is 4.25. The van der Waals surface area contributed by atoms with Crippen LogP contribution in [0.5, 0.6) is 0 Å². The maximum atomic E-state index is 12.9. The van der Waals surface area contributed by atoms with Crippen LogP contribution in [0.25, 0.3) is 0 Å². The molecule has 2 aliphatic heterocycles. The molecule has 0 bridgehead atoms. The molecule has 2 aliphatic rings. The normalized spacial score (nSPS) is 21.7. The molecule has 4 nitrogen and oxygen atoms in total. The first-order chi connectivity index (χ1) is 13.1. The molecule has 2 aromatic carbocycles. The monoisotopic (exact) mass is 362 g/mol. The highest BCUT2D eigenvalue weighted by Crippen LogP contribution is 2.33. The number of benzene rings is 2. The lowest BCUT2D eigenvalue weighted by Crippen LogP contribution is -2.33. The molecule has 0 radical (unpaired) electrons. The number of hydrogen-bond acceptors (Lipinski definition) is 2. The smallest absolute Gasteiger partial charge is 0.227 e. The fourth-order valence-electron chi connectivity index (χ4n) is 4.29. The molecule has 2 atom stereocenters. The van der Waals surface area contributed by atoms with Gasteiger partial charge in [-0.3, -0.25) is 9.59 Å². The molecule has 1 fully saturated rings. The lowest BCUT2D eigenvalue weighted by molar-refractivity contribution is -0.132. The first kappa shape index (κ1) is 17.8. The van der Waals surface area contributed by atoms with E-state index < -0.39 is 0 Å². The van der Waals surface area contributed by atoms with E-state index in [0.717, 1.165) is 37.1 Å². The largest absolute Gasteiger partial charge is 0.336 e. The van der Waals surface area contributed by atoms with Crippen molar-refractivity contribution >= 4 is 17.5 Å². The first-order valence-corrected chi connectivity index (χ1v) is 9.86. The van der Waals surface area contributed by atoms with Crippen molar-refractivity contribution in [3.05, 3.63) is 65.2 Å². The Labute approximate surface area is 160 Å². The van der Waals surface area contributed by atoms with Gasteiger partial charge in [0.1, 0.15) is 0 Å². The topological polar surface area (TPSA) is 49.4 Å². The summed E-state index contributed by atoms with van der Waals surface area (Å²) in [6, 6.07) is 16.6. The molecule has 4 heteroatoms. The van der Waals surface area contributed by atoms with Crippen LogP contribution in [0, 0.1) is 12.8 Å². The Kier molecular flexibility index (Phi) is 4.97. The van der Waals surface area contributed by atoms with Crippen molar-refractivity contribution in [2.75, 3.05) is 11.9 Å². The van der Waals surface area contributed by atoms with E-state index in [9.17, 15) is 9.59 Å². The van der Waals surface area contributed by atoms with Gasteiger partial charge in [0.05, 0.1) is 6.04 Å². The first-order valence-electron chi connectivity index (χ1n) is 9.86. The molecular formula is C23H26N2O2. The second-order valence-electron chi connectivity index (χ2n) is 7.74. The summed E-state index contributed by atoms with van der Waals surface area (Å²) in [6.45, 7) is 2.89. The maximum Gasteiger partial charge on any atom is 0.227 e. The van der Waals surface area contributed by atoms with Crippen LogP contribution in [-0.4, -0.2) is 23.3 Å². The van der Waals surface area contributed by atoms with Crippen LogP contribution in [0.3, 0.4) is 0 Å². The summed E-state index contributed by atoms with van der Waals surface area (Å²) < 4.78 is 0. The van der Waals surface area contributed by atoms with Crippen LogP contribution in [0.15, 0.2) is 48.5 Å². The second-order valence-corrected chi connectivity index (χ2v) is 7.74. The number of aryl methyl sites for hydroxylation is 1. The number of carbonyl (C=O) groups is 2. The van der Waals surface area contributed by atoms with Gasteiger partial charge in [-0.15, -0.1) is 0 Å².